The van der Waals surface area contributed by atoms with Gasteiger partial charge in [0.25, 0.3) is 11.8 Å². The van der Waals surface area contributed by atoms with Crippen LogP contribution in [-0.2, 0) is 0 Å². The first-order valence-electron chi connectivity index (χ1n) is 10.1. The Labute approximate surface area is 180 Å². The van der Waals surface area contributed by atoms with E-state index in [-0.39, 0.29) is 5.91 Å². The van der Waals surface area contributed by atoms with Crippen molar-refractivity contribution in [2.75, 3.05) is 11.9 Å². The number of ether oxygens (including phenoxy) is 1. The highest BCUT2D eigenvalue weighted by Crippen LogP contribution is 2.28. The van der Waals surface area contributed by atoms with Crippen LogP contribution in [0.3, 0.4) is 0 Å². The molecule has 0 aliphatic heterocycles. The Bertz CT molecular complexity index is 1140. The van der Waals surface area contributed by atoms with E-state index in [1.165, 1.54) is 0 Å². The number of anilines is 1. The van der Waals surface area contributed by atoms with Crippen molar-refractivity contribution in [3.8, 4) is 28.6 Å². The van der Waals surface area contributed by atoms with Gasteiger partial charge in [0, 0.05) is 23.5 Å². The number of benzene rings is 2. The van der Waals surface area contributed by atoms with Crippen molar-refractivity contribution in [3.63, 3.8) is 0 Å². The molecule has 0 spiro atoms. The molecule has 0 radical (unpaired) electrons. The number of unbranched alkanes of at least 4 members (excludes halogenated alkanes) is 1. The van der Waals surface area contributed by atoms with Crippen LogP contribution < -0.4 is 10.1 Å². The minimum absolute atomic E-state index is 0.237. The van der Waals surface area contributed by atoms with Gasteiger partial charge in [0.05, 0.1) is 17.9 Å². The van der Waals surface area contributed by atoms with Gasteiger partial charge < -0.3 is 14.6 Å². The SMILES string of the molecule is CCCCOc1ccc(C(=O)Nc2ccccc2-c2nc(-c3cccnc3)no2)cc1. The molecular formula is C24H22N4O3. The molecule has 0 saturated carbocycles. The number of aromatic nitrogens is 3. The summed E-state index contributed by atoms with van der Waals surface area (Å²) in [5.74, 6) is 1.26. The maximum atomic E-state index is 12.8. The third-order valence-corrected chi connectivity index (χ3v) is 4.63. The zero-order valence-corrected chi connectivity index (χ0v) is 17.1. The Morgan fingerprint density at radius 1 is 1.06 bits per heavy atom. The highest BCUT2D eigenvalue weighted by molar-refractivity contribution is 6.06. The zero-order chi connectivity index (χ0) is 21.5. The molecule has 0 bridgehead atoms. The number of para-hydroxylation sites is 1. The summed E-state index contributed by atoms with van der Waals surface area (Å²) in [6, 6.07) is 18.0. The average Bonchev–Trinajstić information content (AvgIpc) is 3.31. The normalized spacial score (nSPS) is 10.6. The molecule has 31 heavy (non-hydrogen) atoms. The van der Waals surface area contributed by atoms with Crippen LogP contribution in [-0.4, -0.2) is 27.6 Å². The molecular weight excluding hydrogens is 392 g/mol. The van der Waals surface area contributed by atoms with Crippen LogP contribution in [0.15, 0.2) is 77.6 Å². The molecule has 0 unspecified atom stereocenters. The molecule has 0 aliphatic carbocycles. The van der Waals surface area contributed by atoms with E-state index in [1.54, 1.807) is 48.8 Å². The second kappa shape index (κ2) is 9.67. The fourth-order valence-corrected chi connectivity index (χ4v) is 2.96. The zero-order valence-electron chi connectivity index (χ0n) is 17.1. The Balaban J connectivity index is 1.50. The summed E-state index contributed by atoms with van der Waals surface area (Å²) in [4.78, 5) is 21.3. The summed E-state index contributed by atoms with van der Waals surface area (Å²) in [7, 11) is 0. The molecule has 2 aromatic carbocycles. The number of nitrogens with zero attached hydrogens (tertiary/aromatic N) is 3. The van der Waals surface area contributed by atoms with Crippen molar-refractivity contribution < 1.29 is 14.1 Å². The fourth-order valence-electron chi connectivity index (χ4n) is 2.96. The molecule has 1 amide bonds. The maximum Gasteiger partial charge on any atom is 0.260 e. The molecule has 2 heterocycles. The summed E-state index contributed by atoms with van der Waals surface area (Å²) in [6.45, 7) is 2.78. The monoisotopic (exact) mass is 414 g/mol. The van der Waals surface area contributed by atoms with Gasteiger partial charge in [-0.3, -0.25) is 9.78 Å². The first-order valence-corrected chi connectivity index (χ1v) is 10.1. The van der Waals surface area contributed by atoms with Crippen LogP contribution >= 0.6 is 0 Å². The lowest BCUT2D eigenvalue weighted by atomic mass is 10.1. The van der Waals surface area contributed by atoms with Crippen LogP contribution in [0.1, 0.15) is 30.1 Å². The number of amides is 1. The quantitative estimate of drug-likeness (QED) is 0.397. The van der Waals surface area contributed by atoms with Crippen molar-refractivity contribution >= 4 is 11.6 Å². The van der Waals surface area contributed by atoms with E-state index in [1.807, 2.05) is 24.3 Å². The van der Waals surface area contributed by atoms with Crippen LogP contribution in [0, 0.1) is 0 Å². The van der Waals surface area contributed by atoms with Gasteiger partial charge in [-0.15, -0.1) is 0 Å². The van der Waals surface area contributed by atoms with Crippen LogP contribution in [0.4, 0.5) is 5.69 Å². The summed E-state index contributed by atoms with van der Waals surface area (Å²) in [5.41, 5.74) is 2.50. The molecule has 0 aliphatic rings. The van der Waals surface area contributed by atoms with Gasteiger partial charge in [-0.05, 0) is 55.0 Å². The Hall–Kier alpha value is -4.00. The smallest absolute Gasteiger partial charge is 0.260 e. The van der Waals surface area contributed by atoms with E-state index in [2.05, 4.69) is 27.4 Å². The molecule has 4 rings (SSSR count). The van der Waals surface area contributed by atoms with Gasteiger partial charge >= 0.3 is 0 Å². The van der Waals surface area contributed by atoms with Crippen LogP contribution in [0.2, 0.25) is 0 Å². The van der Waals surface area contributed by atoms with Gasteiger partial charge in [-0.25, -0.2) is 0 Å². The fraction of sp³-hybridized carbons (Fsp3) is 0.167. The molecule has 0 atom stereocenters. The minimum atomic E-state index is -0.237. The summed E-state index contributed by atoms with van der Waals surface area (Å²) >= 11 is 0. The third kappa shape index (κ3) is 4.95. The molecule has 2 aromatic heterocycles. The number of hydrogen-bond donors (Lipinski definition) is 1. The first-order chi connectivity index (χ1) is 15.2. The van der Waals surface area contributed by atoms with E-state index in [9.17, 15) is 4.79 Å². The lowest BCUT2D eigenvalue weighted by molar-refractivity contribution is 0.102. The Morgan fingerprint density at radius 2 is 1.90 bits per heavy atom. The lowest BCUT2D eigenvalue weighted by Gasteiger charge is -2.09. The minimum Gasteiger partial charge on any atom is -0.494 e. The largest absolute Gasteiger partial charge is 0.494 e. The molecule has 0 fully saturated rings. The topological polar surface area (TPSA) is 90.1 Å². The number of carbonyl (C=O) groups excluding carboxylic acids is 1. The highest BCUT2D eigenvalue weighted by Gasteiger charge is 2.16. The van der Waals surface area contributed by atoms with Crippen molar-refractivity contribution in [1.82, 2.24) is 15.1 Å². The highest BCUT2D eigenvalue weighted by atomic mass is 16.5. The number of rotatable bonds is 8. The van der Waals surface area contributed by atoms with E-state index in [0.717, 1.165) is 24.2 Å². The predicted octanol–water partition coefficient (Wildman–Crippen LogP) is 5.23. The molecule has 156 valence electrons. The average molecular weight is 414 g/mol. The van der Waals surface area contributed by atoms with E-state index < -0.39 is 0 Å². The molecule has 1 N–H and O–H groups in total. The summed E-state index contributed by atoms with van der Waals surface area (Å²) in [5, 5.41) is 6.96. The Kier molecular flexibility index (Phi) is 6.32. The van der Waals surface area contributed by atoms with E-state index in [0.29, 0.717) is 35.1 Å². The lowest BCUT2D eigenvalue weighted by Crippen LogP contribution is -2.12. The van der Waals surface area contributed by atoms with Crippen molar-refractivity contribution in [2.45, 2.75) is 19.8 Å². The number of pyridine rings is 1. The molecule has 7 nitrogen and oxygen atoms in total. The van der Waals surface area contributed by atoms with Gasteiger partial charge in [-0.1, -0.05) is 30.6 Å². The summed E-state index contributed by atoms with van der Waals surface area (Å²) < 4.78 is 11.1. The number of nitrogens with one attached hydrogen (secondary N) is 1. The Morgan fingerprint density at radius 3 is 2.68 bits per heavy atom. The van der Waals surface area contributed by atoms with Gasteiger partial charge in [0.1, 0.15) is 5.75 Å². The summed E-state index contributed by atoms with van der Waals surface area (Å²) in [6.07, 6.45) is 5.41. The van der Waals surface area contributed by atoms with E-state index in [4.69, 9.17) is 9.26 Å². The van der Waals surface area contributed by atoms with Crippen LogP contribution in [0.5, 0.6) is 5.75 Å². The van der Waals surface area contributed by atoms with Crippen LogP contribution in [0.25, 0.3) is 22.8 Å². The first kappa shape index (κ1) is 20.3. The standard InChI is InChI=1S/C24H22N4O3/c1-2-3-15-30-19-12-10-17(11-13-19)23(29)26-21-9-5-4-8-20(21)24-27-22(28-31-24)18-7-6-14-25-16-18/h4-14,16H,2-3,15H2,1H3,(H,26,29). The second-order valence-corrected chi connectivity index (χ2v) is 6.89. The number of hydrogen-bond acceptors (Lipinski definition) is 6. The predicted molar refractivity (Wildman–Crippen MR) is 118 cm³/mol. The van der Waals surface area contributed by atoms with Crippen molar-refractivity contribution in [3.05, 3.63) is 78.6 Å². The van der Waals surface area contributed by atoms with Gasteiger partial charge in [-0.2, -0.15) is 4.98 Å². The number of carbonyl (C=O) groups is 1. The van der Waals surface area contributed by atoms with Crippen molar-refractivity contribution in [1.29, 1.82) is 0 Å². The van der Waals surface area contributed by atoms with E-state index >= 15 is 0 Å². The maximum absolute atomic E-state index is 12.8. The van der Waals surface area contributed by atoms with Gasteiger partial charge in [0.2, 0.25) is 5.82 Å². The third-order valence-electron chi connectivity index (χ3n) is 4.63. The van der Waals surface area contributed by atoms with Gasteiger partial charge in [0.15, 0.2) is 0 Å². The molecule has 0 saturated heterocycles. The molecule has 7 heteroatoms. The molecule has 4 aromatic rings. The van der Waals surface area contributed by atoms with Crippen molar-refractivity contribution in [2.24, 2.45) is 0 Å². The second-order valence-electron chi connectivity index (χ2n) is 6.89.